The molecular formula is C15H24N2O2. The van der Waals surface area contributed by atoms with Gasteiger partial charge in [-0.15, -0.1) is 0 Å². The van der Waals surface area contributed by atoms with Gasteiger partial charge in [0.1, 0.15) is 0 Å². The topological polar surface area (TPSA) is 55.6 Å². The molecule has 0 saturated carbocycles. The second-order valence-corrected chi connectivity index (χ2v) is 4.37. The van der Waals surface area contributed by atoms with Crippen LogP contribution in [0, 0.1) is 0 Å². The summed E-state index contributed by atoms with van der Waals surface area (Å²) in [5.74, 6) is 0.0964. The minimum Gasteiger partial charge on any atom is -0.381 e. The van der Waals surface area contributed by atoms with Crippen molar-refractivity contribution in [3.8, 4) is 0 Å². The van der Waals surface area contributed by atoms with E-state index in [-0.39, 0.29) is 5.91 Å². The molecule has 106 valence electrons. The van der Waals surface area contributed by atoms with Crippen molar-refractivity contribution in [3.05, 3.63) is 29.8 Å². The van der Waals surface area contributed by atoms with E-state index in [1.807, 2.05) is 31.2 Å². The van der Waals surface area contributed by atoms with Gasteiger partial charge in [-0.3, -0.25) is 4.79 Å². The van der Waals surface area contributed by atoms with E-state index in [0.29, 0.717) is 32.7 Å². The van der Waals surface area contributed by atoms with Gasteiger partial charge in [0.2, 0.25) is 5.91 Å². The second-order valence-electron chi connectivity index (χ2n) is 4.37. The maximum atomic E-state index is 12.1. The largest absolute Gasteiger partial charge is 0.381 e. The molecule has 0 bridgehead atoms. The monoisotopic (exact) mass is 264 g/mol. The van der Waals surface area contributed by atoms with Crippen molar-refractivity contribution < 1.29 is 9.53 Å². The number of amides is 1. The van der Waals surface area contributed by atoms with Crippen LogP contribution >= 0.6 is 0 Å². The summed E-state index contributed by atoms with van der Waals surface area (Å²) in [6.07, 6.45) is 1.40. The molecule has 0 saturated heterocycles. The SMILES string of the molecule is CCCOCCC(=O)N(CC)c1ccc(CN)cc1. The van der Waals surface area contributed by atoms with E-state index in [0.717, 1.165) is 17.7 Å². The number of hydrogen-bond donors (Lipinski definition) is 1. The molecule has 0 unspecified atom stereocenters. The van der Waals surface area contributed by atoms with E-state index in [1.165, 1.54) is 0 Å². The van der Waals surface area contributed by atoms with Gasteiger partial charge >= 0.3 is 0 Å². The van der Waals surface area contributed by atoms with Crippen LogP contribution in [0.15, 0.2) is 24.3 Å². The van der Waals surface area contributed by atoms with Crippen LogP contribution in [0.25, 0.3) is 0 Å². The summed E-state index contributed by atoms with van der Waals surface area (Å²) in [4.78, 5) is 13.9. The van der Waals surface area contributed by atoms with Gasteiger partial charge in [-0.25, -0.2) is 0 Å². The molecule has 0 spiro atoms. The predicted octanol–water partition coefficient (Wildman–Crippen LogP) is 2.31. The molecule has 0 aliphatic heterocycles. The molecule has 0 aliphatic rings. The van der Waals surface area contributed by atoms with Crippen LogP contribution in [0.2, 0.25) is 0 Å². The lowest BCUT2D eigenvalue weighted by Gasteiger charge is -2.21. The molecule has 4 heteroatoms. The molecule has 1 aromatic rings. The van der Waals surface area contributed by atoms with Gasteiger partial charge < -0.3 is 15.4 Å². The highest BCUT2D eigenvalue weighted by molar-refractivity contribution is 5.93. The Morgan fingerprint density at radius 2 is 1.89 bits per heavy atom. The number of anilines is 1. The first-order valence-corrected chi connectivity index (χ1v) is 6.90. The maximum Gasteiger partial charge on any atom is 0.229 e. The molecule has 19 heavy (non-hydrogen) atoms. The Morgan fingerprint density at radius 3 is 2.42 bits per heavy atom. The Morgan fingerprint density at radius 1 is 1.21 bits per heavy atom. The van der Waals surface area contributed by atoms with Crippen molar-refractivity contribution in [1.29, 1.82) is 0 Å². The molecule has 0 fully saturated rings. The number of carbonyl (C=O) groups is 1. The lowest BCUT2D eigenvalue weighted by Crippen LogP contribution is -2.31. The van der Waals surface area contributed by atoms with Crippen LogP contribution in [-0.2, 0) is 16.1 Å². The molecule has 0 atom stereocenters. The van der Waals surface area contributed by atoms with Crippen molar-refractivity contribution in [2.24, 2.45) is 5.73 Å². The van der Waals surface area contributed by atoms with Crippen molar-refractivity contribution in [2.45, 2.75) is 33.2 Å². The van der Waals surface area contributed by atoms with E-state index in [4.69, 9.17) is 10.5 Å². The second kappa shape index (κ2) is 8.67. The Hall–Kier alpha value is -1.39. The smallest absolute Gasteiger partial charge is 0.229 e. The molecule has 1 rings (SSSR count). The van der Waals surface area contributed by atoms with Gasteiger partial charge in [-0.2, -0.15) is 0 Å². The van der Waals surface area contributed by atoms with E-state index < -0.39 is 0 Å². The molecule has 0 heterocycles. The Kier molecular flexibility index (Phi) is 7.15. The van der Waals surface area contributed by atoms with Crippen molar-refractivity contribution >= 4 is 11.6 Å². The fraction of sp³-hybridized carbons (Fsp3) is 0.533. The number of nitrogens with two attached hydrogens (primary N) is 1. The van der Waals surface area contributed by atoms with Crippen molar-refractivity contribution in [2.75, 3.05) is 24.7 Å². The zero-order valence-electron chi connectivity index (χ0n) is 11.9. The maximum absolute atomic E-state index is 12.1. The van der Waals surface area contributed by atoms with Gasteiger partial charge in [0.15, 0.2) is 0 Å². The zero-order chi connectivity index (χ0) is 14.1. The highest BCUT2D eigenvalue weighted by Gasteiger charge is 2.13. The number of carbonyl (C=O) groups excluding carboxylic acids is 1. The van der Waals surface area contributed by atoms with Crippen LogP contribution < -0.4 is 10.6 Å². The zero-order valence-corrected chi connectivity index (χ0v) is 11.9. The third-order valence-electron chi connectivity index (χ3n) is 2.91. The van der Waals surface area contributed by atoms with Crippen molar-refractivity contribution in [3.63, 3.8) is 0 Å². The predicted molar refractivity (Wildman–Crippen MR) is 78.1 cm³/mol. The van der Waals surface area contributed by atoms with Gasteiger partial charge in [0, 0.05) is 25.4 Å². The number of rotatable bonds is 8. The normalized spacial score (nSPS) is 10.5. The summed E-state index contributed by atoms with van der Waals surface area (Å²) in [6.45, 7) is 6.41. The summed E-state index contributed by atoms with van der Waals surface area (Å²) in [7, 11) is 0. The van der Waals surface area contributed by atoms with Crippen LogP contribution in [-0.4, -0.2) is 25.7 Å². The first-order chi connectivity index (χ1) is 9.22. The molecule has 0 aromatic heterocycles. The quantitative estimate of drug-likeness (QED) is 0.733. The fourth-order valence-electron chi connectivity index (χ4n) is 1.86. The van der Waals surface area contributed by atoms with Crippen LogP contribution in [0.1, 0.15) is 32.3 Å². The lowest BCUT2D eigenvalue weighted by atomic mass is 10.2. The minimum atomic E-state index is 0.0964. The van der Waals surface area contributed by atoms with E-state index in [1.54, 1.807) is 4.90 Å². The molecule has 1 aromatic carbocycles. The van der Waals surface area contributed by atoms with E-state index in [2.05, 4.69) is 6.92 Å². The van der Waals surface area contributed by atoms with Crippen LogP contribution in [0.4, 0.5) is 5.69 Å². The van der Waals surface area contributed by atoms with Gasteiger partial charge in [-0.05, 0) is 31.0 Å². The summed E-state index contributed by atoms with van der Waals surface area (Å²) < 4.78 is 5.36. The highest BCUT2D eigenvalue weighted by atomic mass is 16.5. The van der Waals surface area contributed by atoms with E-state index in [9.17, 15) is 4.79 Å². The first-order valence-electron chi connectivity index (χ1n) is 6.90. The number of hydrogen-bond acceptors (Lipinski definition) is 3. The van der Waals surface area contributed by atoms with E-state index >= 15 is 0 Å². The standard InChI is InChI=1S/C15H24N2O2/c1-3-10-19-11-9-15(18)17(4-2)14-7-5-13(12-16)6-8-14/h5-8H,3-4,9-12,16H2,1-2H3. The molecular weight excluding hydrogens is 240 g/mol. The van der Waals surface area contributed by atoms with Crippen molar-refractivity contribution in [1.82, 2.24) is 0 Å². The summed E-state index contributed by atoms with van der Waals surface area (Å²) in [5.41, 5.74) is 7.55. The third-order valence-corrected chi connectivity index (χ3v) is 2.91. The van der Waals surface area contributed by atoms with Gasteiger partial charge in [0.25, 0.3) is 0 Å². The van der Waals surface area contributed by atoms with Gasteiger partial charge in [-0.1, -0.05) is 19.1 Å². The summed E-state index contributed by atoms with van der Waals surface area (Å²) in [6, 6.07) is 7.80. The van der Waals surface area contributed by atoms with Crippen LogP contribution in [0.3, 0.4) is 0 Å². The molecule has 1 amide bonds. The summed E-state index contributed by atoms with van der Waals surface area (Å²) >= 11 is 0. The molecule has 0 radical (unpaired) electrons. The first kappa shape index (κ1) is 15.7. The molecule has 2 N–H and O–H groups in total. The minimum absolute atomic E-state index is 0.0964. The molecule has 4 nitrogen and oxygen atoms in total. The number of benzene rings is 1. The average molecular weight is 264 g/mol. The summed E-state index contributed by atoms with van der Waals surface area (Å²) in [5, 5.41) is 0. The van der Waals surface area contributed by atoms with Gasteiger partial charge in [0.05, 0.1) is 13.0 Å². The fourth-order valence-corrected chi connectivity index (χ4v) is 1.86. The molecule has 0 aliphatic carbocycles. The Labute approximate surface area is 115 Å². The Bertz CT molecular complexity index is 376. The third kappa shape index (κ3) is 5.01. The lowest BCUT2D eigenvalue weighted by molar-refractivity contribution is -0.119. The highest BCUT2D eigenvalue weighted by Crippen LogP contribution is 2.16. The van der Waals surface area contributed by atoms with Crippen LogP contribution in [0.5, 0.6) is 0 Å². The average Bonchev–Trinajstić information content (AvgIpc) is 2.45. The number of nitrogens with zero attached hydrogens (tertiary/aromatic N) is 1. The Balaban J connectivity index is 2.57. The number of ether oxygens (including phenoxy) is 1.